The molecule has 1 N–H and O–H groups in total. The van der Waals surface area contributed by atoms with E-state index in [1.165, 1.54) is 12.1 Å². The molecule has 8 nitrogen and oxygen atoms in total. The summed E-state index contributed by atoms with van der Waals surface area (Å²) in [6, 6.07) is 12.9. The van der Waals surface area contributed by atoms with Gasteiger partial charge in [-0.15, -0.1) is 10.2 Å². The summed E-state index contributed by atoms with van der Waals surface area (Å²) >= 11 is 1.01. The highest BCUT2D eigenvalue weighted by Gasteiger charge is 2.20. The molecule has 1 amide bonds. The van der Waals surface area contributed by atoms with Gasteiger partial charge in [0.2, 0.25) is 11.9 Å². The van der Waals surface area contributed by atoms with Gasteiger partial charge in [0.25, 0.3) is 5.91 Å². The minimum absolute atomic E-state index is 0.121. The van der Waals surface area contributed by atoms with Crippen molar-refractivity contribution >= 4 is 32.2 Å². The third kappa shape index (κ3) is 3.76. The van der Waals surface area contributed by atoms with Crippen LogP contribution in [0, 0.1) is 0 Å². The average Bonchev–Trinajstić information content (AvgIpc) is 3.30. The maximum atomic E-state index is 12.4. The fourth-order valence-corrected chi connectivity index (χ4v) is 4.80. The number of anilines is 1. The van der Waals surface area contributed by atoms with Crippen molar-refractivity contribution in [3.8, 4) is 11.5 Å². The molecule has 0 radical (unpaired) electrons. The number of carbonyl (C=O) groups excluding carboxylic acids is 1. The monoisotopic (exact) mass is 403 g/mol. The highest BCUT2D eigenvalue weighted by atomic mass is 32.2. The Morgan fingerprint density at radius 2 is 1.85 bits per heavy atom. The summed E-state index contributed by atoms with van der Waals surface area (Å²) in [5, 5.41) is 10.8. The lowest BCUT2D eigenvalue weighted by Gasteiger charge is -2.02. The van der Waals surface area contributed by atoms with Crippen LogP contribution in [-0.2, 0) is 15.6 Å². The number of nitrogens with zero attached hydrogens (tertiary/aromatic N) is 2. The van der Waals surface area contributed by atoms with Crippen LogP contribution < -0.4 is 14.8 Å². The van der Waals surface area contributed by atoms with Crippen LogP contribution in [0.3, 0.4) is 0 Å². The van der Waals surface area contributed by atoms with Gasteiger partial charge in [-0.05, 0) is 30.3 Å². The van der Waals surface area contributed by atoms with E-state index in [1.807, 2.05) is 0 Å². The molecule has 4 rings (SSSR count). The number of ether oxygens (including phenoxy) is 2. The van der Waals surface area contributed by atoms with E-state index >= 15 is 0 Å². The average molecular weight is 403 g/mol. The summed E-state index contributed by atoms with van der Waals surface area (Å²) in [5.74, 6) is 0.390. The molecule has 27 heavy (non-hydrogen) atoms. The molecular formula is C17H13N3O5S2. The van der Waals surface area contributed by atoms with Gasteiger partial charge >= 0.3 is 0 Å². The van der Waals surface area contributed by atoms with E-state index in [0.717, 1.165) is 11.3 Å². The largest absolute Gasteiger partial charge is 0.454 e. The van der Waals surface area contributed by atoms with E-state index in [4.69, 9.17) is 9.47 Å². The van der Waals surface area contributed by atoms with Crippen molar-refractivity contribution < 1.29 is 22.7 Å². The second-order valence-corrected chi connectivity index (χ2v) is 8.65. The number of carbonyl (C=O) groups is 1. The van der Waals surface area contributed by atoms with E-state index in [9.17, 15) is 13.2 Å². The SMILES string of the molecule is O=C(Nc1nnc(CS(=O)(=O)c2ccccc2)s1)c1ccc2c(c1)OCO2. The van der Waals surface area contributed by atoms with Crippen molar-refractivity contribution in [2.45, 2.75) is 10.6 Å². The van der Waals surface area contributed by atoms with E-state index in [0.29, 0.717) is 22.1 Å². The van der Waals surface area contributed by atoms with Crippen LogP contribution >= 0.6 is 11.3 Å². The topological polar surface area (TPSA) is 107 Å². The van der Waals surface area contributed by atoms with E-state index in [-0.39, 0.29) is 22.6 Å². The zero-order valence-electron chi connectivity index (χ0n) is 13.8. The molecule has 1 aliphatic heterocycles. The number of hydrogen-bond acceptors (Lipinski definition) is 8. The van der Waals surface area contributed by atoms with E-state index in [2.05, 4.69) is 15.5 Å². The molecule has 1 aliphatic rings. The maximum absolute atomic E-state index is 12.4. The summed E-state index contributed by atoms with van der Waals surface area (Å²) < 4.78 is 35.2. The first kappa shape index (κ1) is 17.4. The van der Waals surface area contributed by atoms with Crippen molar-refractivity contribution in [3.05, 3.63) is 59.1 Å². The van der Waals surface area contributed by atoms with Gasteiger partial charge in [-0.2, -0.15) is 0 Å². The summed E-state index contributed by atoms with van der Waals surface area (Å²) in [5.41, 5.74) is 0.368. The summed E-state index contributed by atoms with van der Waals surface area (Å²) in [4.78, 5) is 12.6. The van der Waals surface area contributed by atoms with Crippen LogP contribution in [0.4, 0.5) is 5.13 Å². The Labute approximate surface area is 158 Å². The van der Waals surface area contributed by atoms with Gasteiger partial charge in [0, 0.05) is 5.56 Å². The predicted molar refractivity (Wildman–Crippen MR) is 97.8 cm³/mol. The van der Waals surface area contributed by atoms with Crippen molar-refractivity contribution in [1.29, 1.82) is 0 Å². The standard InChI is InChI=1S/C17H13N3O5S2/c21-16(11-6-7-13-14(8-11)25-10-24-13)18-17-20-19-15(26-17)9-27(22,23)12-4-2-1-3-5-12/h1-8H,9-10H2,(H,18,20,21). The molecule has 1 aromatic heterocycles. The minimum Gasteiger partial charge on any atom is -0.454 e. The van der Waals surface area contributed by atoms with Crippen LogP contribution in [0.15, 0.2) is 53.4 Å². The third-order valence-corrected chi connectivity index (χ3v) is 6.40. The Kier molecular flexibility index (Phi) is 4.50. The first-order valence-electron chi connectivity index (χ1n) is 7.82. The Hall–Kier alpha value is -2.98. The molecule has 0 bridgehead atoms. The minimum atomic E-state index is -3.52. The fourth-order valence-electron chi connectivity index (χ4n) is 2.44. The number of benzene rings is 2. The zero-order chi connectivity index (χ0) is 18.9. The van der Waals surface area contributed by atoms with Crippen molar-refractivity contribution in [3.63, 3.8) is 0 Å². The smallest absolute Gasteiger partial charge is 0.257 e. The summed E-state index contributed by atoms with van der Waals surface area (Å²) in [6.07, 6.45) is 0. The highest BCUT2D eigenvalue weighted by Crippen LogP contribution is 2.32. The van der Waals surface area contributed by atoms with E-state index < -0.39 is 15.7 Å². The second-order valence-electron chi connectivity index (χ2n) is 5.60. The number of aromatic nitrogens is 2. The quantitative estimate of drug-likeness (QED) is 0.697. The van der Waals surface area contributed by atoms with Crippen molar-refractivity contribution in [1.82, 2.24) is 10.2 Å². The molecule has 0 saturated carbocycles. The Morgan fingerprint density at radius 1 is 1.07 bits per heavy atom. The van der Waals surface area contributed by atoms with Gasteiger partial charge in [0.05, 0.1) is 4.90 Å². The number of sulfone groups is 1. The Bertz CT molecular complexity index is 1100. The third-order valence-electron chi connectivity index (χ3n) is 3.74. The van der Waals surface area contributed by atoms with Gasteiger partial charge in [0.1, 0.15) is 10.8 Å². The zero-order valence-corrected chi connectivity index (χ0v) is 15.4. The number of nitrogens with one attached hydrogen (secondary N) is 1. The molecule has 10 heteroatoms. The lowest BCUT2D eigenvalue weighted by molar-refractivity contribution is 0.102. The molecule has 0 spiro atoms. The van der Waals surface area contributed by atoms with Gasteiger partial charge in [0.15, 0.2) is 21.3 Å². The normalized spacial score (nSPS) is 12.7. The Balaban J connectivity index is 1.46. The first-order chi connectivity index (χ1) is 13.0. The molecule has 0 aliphatic carbocycles. The van der Waals surface area contributed by atoms with Crippen molar-refractivity contribution in [2.24, 2.45) is 0 Å². The molecule has 0 unspecified atom stereocenters. The molecule has 0 fully saturated rings. The molecule has 0 atom stereocenters. The number of amides is 1. The highest BCUT2D eigenvalue weighted by molar-refractivity contribution is 7.90. The molecule has 3 aromatic rings. The molecule has 2 heterocycles. The molecule has 138 valence electrons. The lowest BCUT2D eigenvalue weighted by atomic mass is 10.2. The summed E-state index contributed by atoms with van der Waals surface area (Å²) in [6.45, 7) is 0.121. The van der Waals surface area contributed by atoms with Crippen LogP contribution in [0.2, 0.25) is 0 Å². The summed E-state index contributed by atoms with van der Waals surface area (Å²) in [7, 11) is -3.52. The van der Waals surface area contributed by atoms with Crippen LogP contribution in [0.1, 0.15) is 15.4 Å². The maximum Gasteiger partial charge on any atom is 0.257 e. The van der Waals surface area contributed by atoms with Crippen molar-refractivity contribution in [2.75, 3.05) is 12.1 Å². The number of rotatable bonds is 5. The van der Waals surface area contributed by atoms with Gasteiger partial charge in [-0.25, -0.2) is 8.42 Å². The van der Waals surface area contributed by atoms with Gasteiger partial charge < -0.3 is 9.47 Å². The van der Waals surface area contributed by atoms with Gasteiger partial charge in [-0.3, -0.25) is 10.1 Å². The van der Waals surface area contributed by atoms with Gasteiger partial charge in [-0.1, -0.05) is 29.5 Å². The lowest BCUT2D eigenvalue weighted by Crippen LogP contribution is -2.11. The number of fused-ring (bicyclic) bond motifs is 1. The Morgan fingerprint density at radius 3 is 2.67 bits per heavy atom. The van der Waals surface area contributed by atoms with Crippen LogP contribution in [-0.4, -0.2) is 31.3 Å². The number of hydrogen-bond donors (Lipinski definition) is 1. The van der Waals surface area contributed by atoms with E-state index in [1.54, 1.807) is 36.4 Å². The van der Waals surface area contributed by atoms with Crippen LogP contribution in [0.25, 0.3) is 0 Å². The predicted octanol–water partition coefficient (Wildman–Crippen LogP) is 2.49. The molecular weight excluding hydrogens is 390 g/mol. The van der Waals surface area contributed by atoms with Crippen LogP contribution in [0.5, 0.6) is 11.5 Å². The molecule has 2 aromatic carbocycles. The molecule has 0 saturated heterocycles. The second kappa shape index (κ2) is 6.97. The fraction of sp³-hybridized carbons (Fsp3) is 0.118. The first-order valence-corrected chi connectivity index (χ1v) is 10.3.